The topological polar surface area (TPSA) is 104 Å². The molecule has 0 aliphatic heterocycles. The molecule has 0 aliphatic carbocycles. The molecule has 2 aromatic carbocycles. The lowest BCUT2D eigenvalue weighted by Crippen LogP contribution is -2.41. The number of sulfone groups is 2. The van der Waals surface area contributed by atoms with Crippen LogP contribution in [-0.4, -0.2) is 21.0 Å². The standard InChI is InChI=1S/C16H18N2O4S2/c1-12-4-8-14(9-5-12)23(19,20)16(3,18-17)24(21,22)15-10-6-13(2)7-11-15/h4-11,17H,1-3H3. The zero-order valence-corrected chi connectivity index (χ0v) is 15.1. The number of rotatable bonds is 5. The molecule has 2 aromatic rings. The van der Waals surface area contributed by atoms with E-state index in [9.17, 15) is 16.8 Å². The van der Waals surface area contributed by atoms with Crippen molar-refractivity contribution < 1.29 is 16.8 Å². The summed E-state index contributed by atoms with van der Waals surface area (Å²) in [7, 11) is -8.85. The van der Waals surface area contributed by atoms with Gasteiger partial charge in [-0.3, -0.25) is 0 Å². The molecule has 2 rings (SSSR count). The Kier molecular flexibility index (Phi) is 4.65. The van der Waals surface area contributed by atoms with Crippen LogP contribution in [0.1, 0.15) is 18.1 Å². The van der Waals surface area contributed by atoms with Gasteiger partial charge in [0.15, 0.2) is 0 Å². The molecule has 1 N–H and O–H groups in total. The Balaban J connectivity index is 2.68. The average molecular weight is 366 g/mol. The summed E-state index contributed by atoms with van der Waals surface area (Å²) in [6.45, 7) is 4.51. The number of hydrogen-bond acceptors (Lipinski definition) is 6. The molecule has 0 bridgehead atoms. The van der Waals surface area contributed by atoms with Crippen LogP contribution in [0.5, 0.6) is 0 Å². The van der Waals surface area contributed by atoms with E-state index in [4.69, 9.17) is 5.53 Å². The molecular weight excluding hydrogens is 348 g/mol. The molecule has 0 atom stereocenters. The fourth-order valence-corrected chi connectivity index (χ4v) is 5.97. The van der Waals surface area contributed by atoms with Gasteiger partial charge >= 0.3 is 0 Å². The third-order valence-electron chi connectivity index (χ3n) is 3.86. The molecule has 0 heterocycles. The van der Waals surface area contributed by atoms with Gasteiger partial charge in [-0.25, -0.2) is 22.4 Å². The minimum Gasteiger partial charge on any atom is -0.220 e. The van der Waals surface area contributed by atoms with Crippen molar-refractivity contribution in [3.63, 3.8) is 0 Å². The maximum atomic E-state index is 12.9. The van der Waals surface area contributed by atoms with Crippen LogP contribution in [0.15, 0.2) is 63.4 Å². The fourth-order valence-electron chi connectivity index (χ4n) is 2.14. The Morgan fingerprint density at radius 1 is 0.750 bits per heavy atom. The molecule has 6 nitrogen and oxygen atoms in total. The van der Waals surface area contributed by atoms with Crippen LogP contribution in [0.25, 0.3) is 0 Å². The van der Waals surface area contributed by atoms with Gasteiger partial charge in [0.2, 0.25) is 19.7 Å². The number of benzene rings is 2. The summed E-state index contributed by atoms with van der Waals surface area (Å²) in [5.74, 6) is 0. The molecule has 8 heteroatoms. The number of hydrogen-bond donors (Lipinski definition) is 1. The largest absolute Gasteiger partial charge is 0.286 e. The molecule has 0 spiro atoms. The molecule has 0 radical (unpaired) electrons. The summed E-state index contributed by atoms with van der Waals surface area (Å²) in [5, 5.41) is 3.04. The Bertz CT molecular complexity index is 886. The quantitative estimate of drug-likeness (QED) is 0.820. The van der Waals surface area contributed by atoms with Crippen molar-refractivity contribution in [3.8, 4) is 0 Å². The Hall–Kier alpha value is -2.06. The molecule has 128 valence electrons. The van der Waals surface area contributed by atoms with Crippen LogP contribution in [0.3, 0.4) is 0 Å². The van der Waals surface area contributed by atoms with Gasteiger partial charge in [-0.2, -0.15) is 5.11 Å². The second-order valence-electron chi connectivity index (χ2n) is 5.64. The van der Waals surface area contributed by atoms with Crippen LogP contribution < -0.4 is 0 Å². The van der Waals surface area contributed by atoms with Gasteiger partial charge in [-0.1, -0.05) is 35.4 Å². The van der Waals surface area contributed by atoms with E-state index < -0.39 is 23.9 Å². The SMILES string of the molecule is Cc1ccc(S(=O)(=O)C(C)(N=N)S(=O)(=O)c2ccc(C)cc2)cc1. The summed E-state index contributed by atoms with van der Waals surface area (Å²) >= 11 is 0. The lowest BCUT2D eigenvalue weighted by Gasteiger charge is -2.24. The molecule has 0 saturated heterocycles. The van der Waals surface area contributed by atoms with Crippen LogP contribution >= 0.6 is 0 Å². The third kappa shape index (κ3) is 2.76. The van der Waals surface area contributed by atoms with Crippen molar-refractivity contribution in [3.05, 3.63) is 59.7 Å². The van der Waals surface area contributed by atoms with Gasteiger partial charge in [-0.05, 0) is 45.0 Å². The monoisotopic (exact) mass is 366 g/mol. The Morgan fingerprint density at radius 2 is 1.04 bits per heavy atom. The second-order valence-corrected chi connectivity index (χ2v) is 10.4. The molecule has 0 unspecified atom stereocenters. The zero-order valence-electron chi connectivity index (χ0n) is 13.5. The zero-order chi connectivity index (χ0) is 18.2. The summed E-state index contributed by atoms with van der Waals surface area (Å²) in [6.07, 6.45) is 0. The summed E-state index contributed by atoms with van der Waals surface area (Å²) < 4.78 is 48.9. The first kappa shape index (κ1) is 18.3. The number of nitrogens with zero attached hydrogens (tertiary/aromatic N) is 1. The first-order valence-corrected chi connectivity index (χ1v) is 10.0. The highest BCUT2D eigenvalue weighted by Gasteiger charge is 2.53. The van der Waals surface area contributed by atoms with Crippen molar-refractivity contribution in [2.45, 2.75) is 34.8 Å². The van der Waals surface area contributed by atoms with Gasteiger partial charge < -0.3 is 0 Å². The van der Waals surface area contributed by atoms with Gasteiger partial charge in [0, 0.05) is 0 Å². The molecule has 0 saturated carbocycles. The maximum Gasteiger partial charge on any atom is 0.286 e. The van der Waals surface area contributed by atoms with Gasteiger partial charge in [0.1, 0.15) is 0 Å². The Morgan fingerprint density at radius 3 is 1.29 bits per heavy atom. The average Bonchev–Trinajstić information content (AvgIpc) is 2.54. The summed E-state index contributed by atoms with van der Waals surface area (Å²) in [4.78, 5) is -0.385. The first-order chi connectivity index (χ1) is 11.1. The second kappa shape index (κ2) is 6.10. The van der Waals surface area contributed by atoms with Crippen LogP contribution in [0.2, 0.25) is 0 Å². The first-order valence-electron chi connectivity index (χ1n) is 7.07. The van der Waals surface area contributed by atoms with E-state index in [0.29, 0.717) is 0 Å². The third-order valence-corrected chi connectivity index (χ3v) is 9.14. The highest BCUT2D eigenvalue weighted by molar-refractivity contribution is 8.10. The molecule has 0 aliphatic rings. The molecular formula is C16H18N2O4S2. The minimum atomic E-state index is -4.43. The van der Waals surface area contributed by atoms with Gasteiger partial charge in [-0.15, -0.1) is 0 Å². The fraction of sp³-hybridized carbons (Fsp3) is 0.250. The van der Waals surface area contributed by atoms with Crippen LogP contribution in [0, 0.1) is 19.4 Å². The van der Waals surface area contributed by atoms with E-state index in [2.05, 4.69) is 5.11 Å². The maximum absolute atomic E-state index is 12.9. The highest BCUT2D eigenvalue weighted by atomic mass is 32.3. The van der Waals surface area contributed by atoms with Crippen molar-refractivity contribution in [1.82, 2.24) is 0 Å². The predicted molar refractivity (Wildman–Crippen MR) is 90.3 cm³/mol. The van der Waals surface area contributed by atoms with E-state index in [1.54, 1.807) is 38.1 Å². The molecule has 0 amide bonds. The van der Waals surface area contributed by atoms with E-state index in [1.165, 1.54) is 24.3 Å². The number of nitrogens with one attached hydrogen (secondary N) is 1. The highest BCUT2D eigenvalue weighted by Crippen LogP contribution is 2.36. The smallest absolute Gasteiger partial charge is 0.220 e. The lowest BCUT2D eigenvalue weighted by molar-refractivity contribution is 0.543. The predicted octanol–water partition coefficient (Wildman–Crippen LogP) is 3.26. The van der Waals surface area contributed by atoms with Crippen molar-refractivity contribution >= 4 is 19.7 Å². The normalized spacial score (nSPS) is 12.8. The van der Waals surface area contributed by atoms with Crippen LogP contribution in [0.4, 0.5) is 0 Å². The molecule has 24 heavy (non-hydrogen) atoms. The van der Waals surface area contributed by atoms with E-state index in [-0.39, 0.29) is 9.79 Å². The number of aryl methyl sites for hydroxylation is 2. The van der Waals surface area contributed by atoms with E-state index in [1.807, 2.05) is 0 Å². The lowest BCUT2D eigenvalue weighted by atomic mass is 10.2. The molecule has 0 aromatic heterocycles. The van der Waals surface area contributed by atoms with E-state index in [0.717, 1.165) is 18.1 Å². The van der Waals surface area contributed by atoms with Gasteiger partial charge in [0.25, 0.3) is 4.20 Å². The Labute approximate surface area is 141 Å². The minimum absolute atomic E-state index is 0.192. The summed E-state index contributed by atoms with van der Waals surface area (Å²) in [6, 6.07) is 11.5. The van der Waals surface area contributed by atoms with Crippen LogP contribution in [-0.2, 0) is 19.7 Å². The van der Waals surface area contributed by atoms with Crippen molar-refractivity contribution in [2.24, 2.45) is 5.11 Å². The molecule has 0 fully saturated rings. The van der Waals surface area contributed by atoms with E-state index >= 15 is 0 Å². The van der Waals surface area contributed by atoms with Gasteiger partial charge in [0.05, 0.1) is 9.79 Å². The van der Waals surface area contributed by atoms with Crippen molar-refractivity contribution in [1.29, 1.82) is 5.53 Å². The summed E-state index contributed by atoms with van der Waals surface area (Å²) in [5.41, 5.74) is 8.98. The van der Waals surface area contributed by atoms with Crippen molar-refractivity contribution in [2.75, 3.05) is 0 Å².